The molecule has 1 aromatic rings. The molecule has 0 amide bonds. The first kappa shape index (κ1) is 12.9. The molecule has 1 aliphatic rings. The van der Waals surface area contributed by atoms with E-state index in [1.54, 1.807) is 0 Å². The van der Waals surface area contributed by atoms with E-state index in [-0.39, 0.29) is 0 Å². The first-order valence-corrected chi connectivity index (χ1v) is 6.72. The zero-order chi connectivity index (χ0) is 13.1. The topological polar surface area (TPSA) is 39.9 Å². The average Bonchev–Trinajstić information content (AvgIpc) is 2.38. The third-order valence-corrected chi connectivity index (χ3v) is 3.93. The lowest BCUT2D eigenvalue weighted by molar-refractivity contribution is 0.335. The molecule has 0 radical (unpaired) electrons. The lowest BCUT2D eigenvalue weighted by atomic mass is 9.86. The van der Waals surface area contributed by atoms with Crippen LogP contribution in [0.5, 0.6) is 0 Å². The average molecular weight is 243 g/mol. The molecule has 1 aliphatic carbocycles. The van der Waals surface area contributed by atoms with Gasteiger partial charge in [-0.25, -0.2) is 4.98 Å². The molecular weight excluding hydrogens is 222 g/mol. The van der Waals surface area contributed by atoms with Crippen molar-refractivity contribution in [3.05, 3.63) is 23.4 Å². The van der Waals surface area contributed by atoms with Crippen molar-refractivity contribution in [1.29, 1.82) is 5.26 Å². The number of nitrogens with zero attached hydrogens (tertiary/aromatic N) is 3. The zero-order valence-corrected chi connectivity index (χ0v) is 11.5. The van der Waals surface area contributed by atoms with Crippen molar-refractivity contribution in [2.24, 2.45) is 5.92 Å². The fourth-order valence-corrected chi connectivity index (χ4v) is 2.83. The summed E-state index contributed by atoms with van der Waals surface area (Å²) in [4.78, 5) is 6.76. The van der Waals surface area contributed by atoms with Crippen LogP contribution in [-0.2, 0) is 0 Å². The van der Waals surface area contributed by atoms with Gasteiger partial charge in [-0.3, -0.25) is 0 Å². The van der Waals surface area contributed by atoms with Crippen LogP contribution < -0.4 is 4.90 Å². The maximum atomic E-state index is 9.19. The molecule has 2 atom stereocenters. The van der Waals surface area contributed by atoms with Gasteiger partial charge in [-0.05, 0) is 37.8 Å². The number of hydrogen-bond acceptors (Lipinski definition) is 3. The molecule has 0 N–H and O–H groups in total. The third-order valence-electron chi connectivity index (χ3n) is 3.93. The van der Waals surface area contributed by atoms with Gasteiger partial charge in [-0.2, -0.15) is 5.26 Å². The van der Waals surface area contributed by atoms with Crippen LogP contribution in [0, 0.1) is 24.2 Å². The molecule has 3 nitrogen and oxygen atoms in total. The molecular formula is C15H21N3. The van der Waals surface area contributed by atoms with Gasteiger partial charge in [0.1, 0.15) is 11.9 Å². The lowest BCUT2D eigenvalue weighted by Crippen LogP contribution is -2.36. The van der Waals surface area contributed by atoms with Crippen LogP contribution in [-0.4, -0.2) is 18.1 Å². The number of rotatable bonds is 2. The van der Waals surface area contributed by atoms with Gasteiger partial charge in [0, 0.05) is 18.8 Å². The number of aryl methyl sites for hydroxylation is 1. The van der Waals surface area contributed by atoms with Gasteiger partial charge in [-0.1, -0.05) is 19.8 Å². The van der Waals surface area contributed by atoms with Crippen molar-refractivity contribution >= 4 is 5.82 Å². The number of aromatic nitrogens is 1. The van der Waals surface area contributed by atoms with Gasteiger partial charge in [0.05, 0.1) is 5.56 Å². The summed E-state index contributed by atoms with van der Waals surface area (Å²) in [5.41, 5.74) is 1.65. The molecule has 3 heteroatoms. The molecule has 2 unspecified atom stereocenters. The van der Waals surface area contributed by atoms with Crippen molar-refractivity contribution in [3.8, 4) is 6.07 Å². The predicted molar refractivity (Wildman–Crippen MR) is 73.5 cm³/mol. The summed E-state index contributed by atoms with van der Waals surface area (Å²) in [7, 11) is 2.07. The fourth-order valence-electron chi connectivity index (χ4n) is 2.83. The van der Waals surface area contributed by atoms with Gasteiger partial charge < -0.3 is 4.90 Å². The van der Waals surface area contributed by atoms with Crippen LogP contribution in [0.2, 0.25) is 0 Å². The molecule has 2 rings (SSSR count). The molecule has 1 saturated carbocycles. The van der Waals surface area contributed by atoms with Crippen molar-refractivity contribution in [3.63, 3.8) is 0 Å². The fraction of sp³-hybridized carbons (Fsp3) is 0.600. The van der Waals surface area contributed by atoms with E-state index in [1.807, 2.05) is 19.1 Å². The van der Waals surface area contributed by atoms with E-state index in [4.69, 9.17) is 0 Å². The highest BCUT2D eigenvalue weighted by Gasteiger charge is 2.24. The van der Waals surface area contributed by atoms with E-state index < -0.39 is 0 Å². The Morgan fingerprint density at radius 3 is 2.83 bits per heavy atom. The van der Waals surface area contributed by atoms with Gasteiger partial charge in [0.25, 0.3) is 0 Å². The van der Waals surface area contributed by atoms with E-state index in [0.29, 0.717) is 11.6 Å². The molecule has 0 spiro atoms. The molecule has 0 aromatic carbocycles. The van der Waals surface area contributed by atoms with E-state index in [1.165, 1.54) is 25.7 Å². The molecule has 96 valence electrons. The van der Waals surface area contributed by atoms with Crippen LogP contribution in [0.3, 0.4) is 0 Å². The highest BCUT2D eigenvalue weighted by atomic mass is 15.2. The number of anilines is 1. The first-order chi connectivity index (χ1) is 8.61. The van der Waals surface area contributed by atoms with Gasteiger partial charge in [0.2, 0.25) is 0 Å². The molecule has 0 saturated heterocycles. The summed E-state index contributed by atoms with van der Waals surface area (Å²) >= 11 is 0. The quantitative estimate of drug-likeness (QED) is 0.800. The van der Waals surface area contributed by atoms with E-state index in [0.717, 1.165) is 17.4 Å². The Morgan fingerprint density at radius 2 is 2.17 bits per heavy atom. The summed E-state index contributed by atoms with van der Waals surface area (Å²) in [6, 6.07) is 6.55. The van der Waals surface area contributed by atoms with E-state index >= 15 is 0 Å². The molecule has 18 heavy (non-hydrogen) atoms. The summed E-state index contributed by atoms with van der Waals surface area (Å²) < 4.78 is 0. The van der Waals surface area contributed by atoms with Gasteiger partial charge in [0.15, 0.2) is 0 Å². The molecule has 0 aliphatic heterocycles. The molecule has 1 heterocycles. The Kier molecular flexibility index (Phi) is 3.86. The second-order valence-electron chi connectivity index (χ2n) is 5.47. The SMILES string of the molecule is Cc1ccc(C#N)c(N(C)C2CCCC(C)C2)n1. The minimum absolute atomic E-state index is 0.523. The third kappa shape index (κ3) is 2.64. The Bertz CT molecular complexity index is 461. The smallest absolute Gasteiger partial charge is 0.146 e. The first-order valence-electron chi connectivity index (χ1n) is 6.72. The van der Waals surface area contributed by atoms with Crippen LogP contribution in [0.1, 0.15) is 43.9 Å². The minimum atomic E-state index is 0.523. The Balaban J connectivity index is 2.25. The highest BCUT2D eigenvalue weighted by molar-refractivity contribution is 5.54. The molecule has 0 bridgehead atoms. The Hall–Kier alpha value is -1.56. The van der Waals surface area contributed by atoms with E-state index in [2.05, 4.69) is 29.9 Å². The zero-order valence-electron chi connectivity index (χ0n) is 11.5. The second-order valence-corrected chi connectivity index (χ2v) is 5.47. The van der Waals surface area contributed by atoms with Gasteiger partial charge in [-0.15, -0.1) is 0 Å². The number of pyridine rings is 1. The normalized spacial score (nSPS) is 23.4. The van der Waals surface area contributed by atoms with Crippen LogP contribution in [0.15, 0.2) is 12.1 Å². The van der Waals surface area contributed by atoms with E-state index in [9.17, 15) is 5.26 Å². The number of hydrogen-bond donors (Lipinski definition) is 0. The summed E-state index contributed by atoms with van der Waals surface area (Å²) in [6.07, 6.45) is 5.03. The minimum Gasteiger partial charge on any atom is -0.356 e. The standard InChI is InChI=1S/C15H21N3/c1-11-5-4-6-14(9-11)18(3)15-13(10-16)8-7-12(2)17-15/h7-8,11,14H,4-6,9H2,1-3H3. The van der Waals surface area contributed by atoms with Crippen LogP contribution >= 0.6 is 0 Å². The summed E-state index contributed by atoms with van der Waals surface area (Å²) in [5.74, 6) is 1.62. The monoisotopic (exact) mass is 243 g/mol. The van der Waals surface area contributed by atoms with Crippen molar-refractivity contribution in [2.75, 3.05) is 11.9 Å². The van der Waals surface area contributed by atoms with Gasteiger partial charge >= 0.3 is 0 Å². The van der Waals surface area contributed by atoms with Crippen molar-refractivity contribution < 1.29 is 0 Å². The second kappa shape index (κ2) is 5.39. The molecule has 1 fully saturated rings. The predicted octanol–water partition coefficient (Wildman–Crippen LogP) is 3.28. The summed E-state index contributed by atoms with van der Waals surface area (Å²) in [6.45, 7) is 4.29. The number of nitriles is 1. The Morgan fingerprint density at radius 1 is 1.39 bits per heavy atom. The van der Waals surface area contributed by atoms with Crippen LogP contribution in [0.4, 0.5) is 5.82 Å². The lowest BCUT2D eigenvalue weighted by Gasteiger charge is -2.35. The van der Waals surface area contributed by atoms with Crippen molar-refractivity contribution in [1.82, 2.24) is 4.98 Å². The highest BCUT2D eigenvalue weighted by Crippen LogP contribution is 2.30. The maximum absolute atomic E-state index is 9.19. The van der Waals surface area contributed by atoms with Crippen LogP contribution in [0.25, 0.3) is 0 Å². The Labute approximate surface area is 109 Å². The summed E-state index contributed by atoms with van der Waals surface area (Å²) in [5, 5.41) is 9.19. The largest absolute Gasteiger partial charge is 0.356 e. The maximum Gasteiger partial charge on any atom is 0.146 e. The van der Waals surface area contributed by atoms with Crippen molar-refractivity contribution in [2.45, 2.75) is 45.6 Å². The molecule has 1 aromatic heterocycles.